The number of urea groups is 1. The van der Waals surface area contributed by atoms with Gasteiger partial charge in [0.2, 0.25) is 0 Å². The van der Waals surface area contributed by atoms with Gasteiger partial charge in [0.25, 0.3) is 5.91 Å². The first kappa shape index (κ1) is 24.1. The average molecular weight is 476 g/mol. The zero-order valence-corrected chi connectivity index (χ0v) is 19.7. The predicted molar refractivity (Wildman–Crippen MR) is 130 cm³/mol. The molecule has 0 radical (unpaired) electrons. The fourth-order valence-corrected chi connectivity index (χ4v) is 4.71. The minimum Gasteiger partial charge on any atom is -0.465 e. The number of carboxylic acid groups (broad SMARTS) is 1. The van der Waals surface area contributed by atoms with Crippen molar-refractivity contribution in [1.29, 1.82) is 5.26 Å². The molecular formula is C26H29N5O4. The number of hydrogen-bond acceptors (Lipinski definition) is 4. The van der Waals surface area contributed by atoms with E-state index in [0.717, 1.165) is 18.4 Å². The summed E-state index contributed by atoms with van der Waals surface area (Å²) in [5, 5.41) is 23.7. The van der Waals surface area contributed by atoms with Gasteiger partial charge in [-0.1, -0.05) is 18.2 Å². The number of anilines is 1. The van der Waals surface area contributed by atoms with E-state index in [1.54, 1.807) is 12.1 Å². The number of nitrogens with zero attached hydrogens (tertiary/aromatic N) is 3. The third-order valence-electron chi connectivity index (χ3n) is 6.82. The van der Waals surface area contributed by atoms with Crippen LogP contribution in [-0.4, -0.2) is 65.2 Å². The van der Waals surface area contributed by atoms with Gasteiger partial charge in [-0.3, -0.25) is 4.79 Å². The molecule has 2 aromatic carbocycles. The van der Waals surface area contributed by atoms with Crippen molar-refractivity contribution in [2.75, 3.05) is 31.5 Å². The van der Waals surface area contributed by atoms with Crippen LogP contribution in [0, 0.1) is 18.3 Å². The maximum atomic E-state index is 13.2. The van der Waals surface area contributed by atoms with E-state index in [1.807, 2.05) is 42.2 Å². The molecule has 0 unspecified atom stereocenters. The molecule has 0 spiro atoms. The molecule has 3 N–H and O–H groups in total. The number of hydrogen-bond donors (Lipinski definition) is 3. The van der Waals surface area contributed by atoms with Crippen LogP contribution in [0.1, 0.15) is 52.2 Å². The minimum absolute atomic E-state index is 0.0698. The zero-order chi connectivity index (χ0) is 24.9. The normalized spacial score (nSPS) is 18.1. The summed E-state index contributed by atoms with van der Waals surface area (Å²) in [6.45, 7) is 3.79. The Hall–Kier alpha value is -4.06. The van der Waals surface area contributed by atoms with E-state index in [-0.39, 0.29) is 18.5 Å². The first-order chi connectivity index (χ1) is 16.8. The molecule has 2 fully saturated rings. The van der Waals surface area contributed by atoms with Crippen LogP contribution in [-0.2, 0) is 0 Å². The van der Waals surface area contributed by atoms with E-state index in [1.165, 1.54) is 10.5 Å². The fraction of sp³-hybridized carbons (Fsp3) is 0.385. The number of piperidine rings is 1. The van der Waals surface area contributed by atoms with Gasteiger partial charge in [0.05, 0.1) is 11.6 Å². The number of amides is 4. The van der Waals surface area contributed by atoms with Crippen molar-refractivity contribution >= 4 is 23.7 Å². The van der Waals surface area contributed by atoms with Gasteiger partial charge in [-0.15, -0.1) is 0 Å². The monoisotopic (exact) mass is 475 g/mol. The third kappa shape index (κ3) is 5.72. The number of aryl methyl sites for hydroxylation is 1. The summed E-state index contributed by atoms with van der Waals surface area (Å²) in [7, 11) is 0. The summed E-state index contributed by atoms with van der Waals surface area (Å²) in [6, 6.07) is 14.4. The zero-order valence-electron chi connectivity index (χ0n) is 19.7. The topological polar surface area (TPSA) is 126 Å². The van der Waals surface area contributed by atoms with Crippen molar-refractivity contribution in [1.82, 2.24) is 15.1 Å². The highest BCUT2D eigenvalue weighted by Gasteiger charge is 2.28. The number of nitriles is 1. The highest BCUT2D eigenvalue weighted by atomic mass is 16.4. The molecule has 1 atom stereocenters. The summed E-state index contributed by atoms with van der Waals surface area (Å²) >= 11 is 0. The Kier molecular flexibility index (Phi) is 7.20. The number of nitrogens with one attached hydrogen (secondary N) is 2. The molecule has 0 aliphatic carbocycles. The molecular weight excluding hydrogens is 446 g/mol. The quantitative estimate of drug-likeness (QED) is 0.621. The number of rotatable bonds is 4. The van der Waals surface area contributed by atoms with E-state index in [4.69, 9.17) is 10.4 Å². The van der Waals surface area contributed by atoms with Crippen molar-refractivity contribution in [2.45, 2.75) is 38.1 Å². The Morgan fingerprint density at radius 2 is 1.69 bits per heavy atom. The molecule has 2 aliphatic rings. The Bertz CT molecular complexity index is 1150. The van der Waals surface area contributed by atoms with Crippen LogP contribution < -0.4 is 10.6 Å². The van der Waals surface area contributed by atoms with E-state index in [2.05, 4.69) is 16.7 Å². The van der Waals surface area contributed by atoms with Crippen LogP contribution in [0.4, 0.5) is 15.3 Å². The molecule has 4 amide bonds. The Labute approximate surface area is 204 Å². The molecule has 2 saturated heterocycles. The summed E-state index contributed by atoms with van der Waals surface area (Å²) in [5.74, 6) is 0.290. The largest absolute Gasteiger partial charge is 0.465 e. The summed E-state index contributed by atoms with van der Waals surface area (Å²) < 4.78 is 0. The van der Waals surface area contributed by atoms with Gasteiger partial charge in [-0.2, -0.15) is 5.26 Å². The Balaban J connectivity index is 1.34. The molecule has 4 rings (SSSR count). The highest BCUT2D eigenvalue weighted by molar-refractivity contribution is 5.97. The Morgan fingerprint density at radius 3 is 2.31 bits per heavy atom. The average Bonchev–Trinajstić information content (AvgIpc) is 3.34. The second kappa shape index (κ2) is 10.5. The van der Waals surface area contributed by atoms with Crippen molar-refractivity contribution in [2.24, 2.45) is 0 Å². The molecule has 9 heteroatoms. The van der Waals surface area contributed by atoms with Crippen LogP contribution in [0.15, 0.2) is 42.5 Å². The second-order valence-corrected chi connectivity index (χ2v) is 9.14. The standard InChI is InChI=1S/C26H29N5O4/c1-17-2-5-21(14-23(17)29-25(33)28-22-10-13-31(16-22)26(34)35)24(32)30-11-8-20(9-12-30)19-6-3-18(15-27)4-7-19/h2-7,14,20,22H,8-13,16H2,1H3,(H,34,35)(H2,28,29,33)/t22-/m0/s1. The van der Waals surface area contributed by atoms with E-state index in [9.17, 15) is 14.4 Å². The molecule has 0 bridgehead atoms. The van der Waals surface area contributed by atoms with Gasteiger partial charge < -0.3 is 25.5 Å². The van der Waals surface area contributed by atoms with Gasteiger partial charge >= 0.3 is 12.1 Å². The third-order valence-corrected chi connectivity index (χ3v) is 6.82. The van der Waals surface area contributed by atoms with Crippen molar-refractivity contribution in [3.05, 3.63) is 64.7 Å². The first-order valence-corrected chi connectivity index (χ1v) is 11.8. The summed E-state index contributed by atoms with van der Waals surface area (Å²) in [4.78, 5) is 39.8. The lowest BCUT2D eigenvalue weighted by atomic mass is 9.89. The smallest absolute Gasteiger partial charge is 0.407 e. The van der Waals surface area contributed by atoms with Crippen LogP contribution in [0.25, 0.3) is 0 Å². The predicted octanol–water partition coefficient (Wildman–Crippen LogP) is 3.76. The van der Waals surface area contributed by atoms with E-state index >= 15 is 0 Å². The molecule has 9 nitrogen and oxygen atoms in total. The lowest BCUT2D eigenvalue weighted by molar-refractivity contribution is 0.0713. The molecule has 182 valence electrons. The van der Waals surface area contributed by atoms with Crippen LogP contribution >= 0.6 is 0 Å². The van der Waals surface area contributed by atoms with Gasteiger partial charge in [0, 0.05) is 43.5 Å². The van der Waals surface area contributed by atoms with E-state index < -0.39 is 12.1 Å². The van der Waals surface area contributed by atoms with Gasteiger partial charge in [0.15, 0.2) is 0 Å². The maximum Gasteiger partial charge on any atom is 0.407 e. The fourth-order valence-electron chi connectivity index (χ4n) is 4.71. The second-order valence-electron chi connectivity index (χ2n) is 9.14. The maximum absolute atomic E-state index is 13.2. The van der Waals surface area contributed by atoms with Gasteiger partial charge in [0.1, 0.15) is 0 Å². The summed E-state index contributed by atoms with van der Waals surface area (Å²) in [5.41, 5.74) is 3.73. The number of carbonyl (C=O) groups is 3. The lowest BCUT2D eigenvalue weighted by Crippen LogP contribution is -2.40. The highest BCUT2D eigenvalue weighted by Crippen LogP contribution is 2.29. The lowest BCUT2D eigenvalue weighted by Gasteiger charge is -2.32. The molecule has 2 aromatic rings. The SMILES string of the molecule is Cc1ccc(C(=O)N2CCC(c3ccc(C#N)cc3)CC2)cc1NC(=O)N[C@H]1CCN(C(=O)O)C1. The number of benzene rings is 2. The molecule has 0 aromatic heterocycles. The number of carbonyl (C=O) groups excluding carboxylic acids is 2. The van der Waals surface area contributed by atoms with Crippen molar-refractivity contribution in [3.63, 3.8) is 0 Å². The Morgan fingerprint density at radius 1 is 1.00 bits per heavy atom. The molecule has 35 heavy (non-hydrogen) atoms. The molecule has 2 heterocycles. The van der Waals surface area contributed by atoms with Crippen molar-refractivity contribution < 1.29 is 19.5 Å². The summed E-state index contributed by atoms with van der Waals surface area (Å²) in [6.07, 6.45) is 1.28. The van der Waals surface area contributed by atoms with Gasteiger partial charge in [-0.25, -0.2) is 9.59 Å². The van der Waals surface area contributed by atoms with Gasteiger partial charge in [-0.05, 0) is 67.5 Å². The molecule has 0 saturated carbocycles. The number of likely N-dealkylation sites (tertiary alicyclic amines) is 2. The van der Waals surface area contributed by atoms with Crippen LogP contribution in [0.5, 0.6) is 0 Å². The van der Waals surface area contributed by atoms with Crippen LogP contribution in [0.2, 0.25) is 0 Å². The van der Waals surface area contributed by atoms with E-state index in [0.29, 0.717) is 48.8 Å². The van der Waals surface area contributed by atoms with Crippen LogP contribution in [0.3, 0.4) is 0 Å². The minimum atomic E-state index is -0.988. The van der Waals surface area contributed by atoms with Crippen molar-refractivity contribution in [3.8, 4) is 6.07 Å². The first-order valence-electron chi connectivity index (χ1n) is 11.8. The molecule has 2 aliphatic heterocycles.